The van der Waals surface area contributed by atoms with Crippen LogP contribution in [-0.2, 0) is 17.1 Å². The molecule has 152 valence electrons. The number of hydrogen-bond donors (Lipinski definition) is 1. The zero-order chi connectivity index (χ0) is 19.4. The van der Waals surface area contributed by atoms with E-state index < -0.39 is 0 Å². The molecule has 28 heavy (non-hydrogen) atoms. The van der Waals surface area contributed by atoms with Crippen LogP contribution in [0.3, 0.4) is 0 Å². The highest BCUT2D eigenvalue weighted by Gasteiger charge is 2.11. The Morgan fingerprint density at radius 1 is 1.29 bits per heavy atom. The Hall–Kier alpha value is -1.99. The number of nitrogens with one attached hydrogen (secondary N) is 1. The van der Waals surface area contributed by atoms with Crippen molar-refractivity contribution in [3.63, 3.8) is 0 Å². The van der Waals surface area contributed by atoms with Gasteiger partial charge in [-0.25, -0.2) is 4.98 Å². The smallest absolute Gasteiger partial charge is 0.230 e. The molecule has 3 heterocycles. The normalized spacial score (nSPS) is 14.7. The van der Waals surface area contributed by atoms with Gasteiger partial charge in [-0.3, -0.25) is 9.69 Å². The molecule has 0 aliphatic carbocycles. The van der Waals surface area contributed by atoms with E-state index in [0.717, 1.165) is 18.7 Å². The maximum absolute atomic E-state index is 11.8. The lowest BCUT2D eigenvalue weighted by atomic mass is 10.1. The molecule has 0 saturated carbocycles. The third-order valence-corrected chi connectivity index (χ3v) is 5.56. The number of piperidine rings is 1. The summed E-state index contributed by atoms with van der Waals surface area (Å²) < 4.78 is 11.0. The average molecular weight is 404 g/mol. The van der Waals surface area contributed by atoms with Crippen molar-refractivity contribution in [2.24, 2.45) is 0 Å². The number of hydrogen-bond acceptors (Lipinski definition) is 6. The van der Waals surface area contributed by atoms with E-state index in [9.17, 15) is 4.79 Å². The first kappa shape index (κ1) is 20.7. The van der Waals surface area contributed by atoms with Crippen molar-refractivity contribution in [1.29, 1.82) is 0 Å². The largest absolute Gasteiger partial charge is 0.478 e. The minimum absolute atomic E-state index is 0.0400. The first-order valence-electron chi connectivity index (χ1n) is 9.96. The summed E-state index contributed by atoms with van der Waals surface area (Å²) in [5, 5.41) is 2.92. The van der Waals surface area contributed by atoms with Gasteiger partial charge in [0.25, 0.3) is 0 Å². The van der Waals surface area contributed by atoms with Gasteiger partial charge in [0.2, 0.25) is 11.8 Å². The molecule has 0 spiro atoms. The van der Waals surface area contributed by atoms with Gasteiger partial charge in [-0.15, -0.1) is 11.8 Å². The number of thioether (sulfide) groups is 1. The molecule has 2 aromatic rings. The Labute approximate surface area is 171 Å². The van der Waals surface area contributed by atoms with E-state index in [1.165, 1.54) is 37.9 Å². The third kappa shape index (κ3) is 7.56. The summed E-state index contributed by atoms with van der Waals surface area (Å²) >= 11 is 1.54. The molecule has 1 aliphatic rings. The Morgan fingerprint density at radius 2 is 2.18 bits per heavy atom. The summed E-state index contributed by atoms with van der Waals surface area (Å²) in [6.45, 7) is 4.47. The highest BCUT2D eigenvalue weighted by Crippen LogP contribution is 2.16. The highest BCUT2D eigenvalue weighted by atomic mass is 32.2. The van der Waals surface area contributed by atoms with Crippen LogP contribution in [0.25, 0.3) is 0 Å². The number of aromatic nitrogens is 1. The molecule has 6 nitrogen and oxygen atoms in total. The fourth-order valence-corrected chi connectivity index (χ4v) is 3.93. The van der Waals surface area contributed by atoms with Crippen LogP contribution in [0.1, 0.15) is 37.0 Å². The van der Waals surface area contributed by atoms with E-state index in [-0.39, 0.29) is 5.91 Å². The van der Waals surface area contributed by atoms with Crippen LogP contribution in [0.4, 0.5) is 0 Å². The fourth-order valence-electron chi connectivity index (χ4n) is 3.17. The van der Waals surface area contributed by atoms with E-state index in [1.807, 2.05) is 24.4 Å². The molecule has 0 unspecified atom stereocenters. The van der Waals surface area contributed by atoms with Gasteiger partial charge in [0, 0.05) is 25.4 Å². The number of furan rings is 1. The molecular weight excluding hydrogens is 374 g/mol. The van der Waals surface area contributed by atoms with Crippen LogP contribution < -0.4 is 10.1 Å². The molecule has 0 bridgehead atoms. The van der Waals surface area contributed by atoms with Gasteiger partial charge in [-0.1, -0.05) is 6.42 Å². The molecule has 0 aromatic carbocycles. The van der Waals surface area contributed by atoms with Crippen molar-refractivity contribution in [2.45, 2.75) is 38.0 Å². The van der Waals surface area contributed by atoms with Crippen LogP contribution in [0.2, 0.25) is 0 Å². The van der Waals surface area contributed by atoms with Gasteiger partial charge in [-0.2, -0.15) is 0 Å². The third-order valence-electron chi connectivity index (χ3n) is 4.60. The van der Waals surface area contributed by atoms with Gasteiger partial charge in [0.15, 0.2) is 0 Å². The van der Waals surface area contributed by atoms with Crippen molar-refractivity contribution < 1.29 is 13.9 Å². The molecule has 1 aliphatic heterocycles. The maximum Gasteiger partial charge on any atom is 0.230 e. The first-order chi connectivity index (χ1) is 13.8. The van der Waals surface area contributed by atoms with E-state index in [1.54, 1.807) is 18.0 Å². The molecule has 1 amide bonds. The number of carbonyl (C=O) groups is 1. The predicted molar refractivity (Wildman–Crippen MR) is 111 cm³/mol. The van der Waals surface area contributed by atoms with Crippen molar-refractivity contribution in [1.82, 2.24) is 15.2 Å². The molecule has 7 heteroatoms. The number of rotatable bonds is 11. The second-order valence-corrected chi connectivity index (χ2v) is 7.95. The standard InChI is InChI=1S/C21H29N3O3S/c25-20(17-28-16-19-6-4-12-26-19)22-8-5-13-27-21-14-18(7-9-23-21)15-24-10-2-1-3-11-24/h4,6-7,9,12,14H,1-3,5,8,10-11,13,15-17H2,(H,22,25). The number of ether oxygens (including phenoxy) is 1. The van der Waals surface area contributed by atoms with Crippen LogP contribution in [0, 0.1) is 0 Å². The van der Waals surface area contributed by atoms with Gasteiger partial charge < -0.3 is 14.5 Å². The van der Waals surface area contributed by atoms with Gasteiger partial charge >= 0.3 is 0 Å². The van der Waals surface area contributed by atoms with Gasteiger partial charge in [0.05, 0.1) is 24.4 Å². The van der Waals surface area contributed by atoms with Crippen molar-refractivity contribution in [2.75, 3.05) is 32.0 Å². The predicted octanol–water partition coefficient (Wildman–Crippen LogP) is 3.48. The Kier molecular flexibility index (Phi) is 8.71. The molecule has 1 N–H and O–H groups in total. The molecular formula is C21H29N3O3S. The summed E-state index contributed by atoms with van der Waals surface area (Å²) in [5.41, 5.74) is 1.24. The summed E-state index contributed by atoms with van der Waals surface area (Å²) in [4.78, 5) is 18.6. The first-order valence-corrected chi connectivity index (χ1v) is 11.1. The van der Waals surface area contributed by atoms with Crippen molar-refractivity contribution >= 4 is 17.7 Å². The van der Waals surface area contributed by atoms with Crippen LogP contribution in [-0.4, -0.2) is 47.8 Å². The second kappa shape index (κ2) is 11.8. The zero-order valence-corrected chi connectivity index (χ0v) is 17.1. The highest BCUT2D eigenvalue weighted by molar-refractivity contribution is 7.99. The molecule has 1 fully saturated rings. The number of pyridine rings is 1. The van der Waals surface area contributed by atoms with E-state index >= 15 is 0 Å². The minimum atomic E-state index is 0.0400. The van der Waals surface area contributed by atoms with Crippen LogP contribution in [0.5, 0.6) is 5.88 Å². The summed E-state index contributed by atoms with van der Waals surface area (Å²) in [5.74, 6) is 2.74. The molecule has 1 saturated heterocycles. The van der Waals surface area contributed by atoms with E-state index in [0.29, 0.717) is 30.5 Å². The number of nitrogens with zero attached hydrogens (tertiary/aromatic N) is 2. The topological polar surface area (TPSA) is 67.6 Å². The van der Waals surface area contributed by atoms with Gasteiger partial charge in [0.1, 0.15) is 5.76 Å². The lowest BCUT2D eigenvalue weighted by Crippen LogP contribution is -2.29. The number of carbonyl (C=O) groups excluding carboxylic acids is 1. The molecule has 0 radical (unpaired) electrons. The Morgan fingerprint density at radius 3 is 3.00 bits per heavy atom. The van der Waals surface area contributed by atoms with Crippen molar-refractivity contribution in [3.05, 3.63) is 48.0 Å². The minimum Gasteiger partial charge on any atom is -0.478 e. The number of likely N-dealkylation sites (tertiary alicyclic amines) is 1. The zero-order valence-electron chi connectivity index (χ0n) is 16.3. The molecule has 3 rings (SSSR count). The summed E-state index contributed by atoms with van der Waals surface area (Å²) in [7, 11) is 0. The van der Waals surface area contributed by atoms with Gasteiger partial charge in [-0.05, 0) is 56.1 Å². The SMILES string of the molecule is O=C(CSCc1ccco1)NCCCOc1cc(CN2CCCCC2)ccn1. The monoisotopic (exact) mass is 403 g/mol. The van der Waals surface area contributed by atoms with Crippen LogP contribution >= 0.6 is 11.8 Å². The van der Waals surface area contributed by atoms with Crippen LogP contribution in [0.15, 0.2) is 41.1 Å². The Bertz CT molecular complexity index is 703. The summed E-state index contributed by atoms with van der Waals surface area (Å²) in [6.07, 6.45) is 8.15. The molecule has 2 aromatic heterocycles. The summed E-state index contributed by atoms with van der Waals surface area (Å²) in [6, 6.07) is 7.85. The lowest BCUT2D eigenvalue weighted by molar-refractivity contribution is -0.118. The average Bonchev–Trinajstić information content (AvgIpc) is 3.22. The fraction of sp³-hybridized carbons (Fsp3) is 0.524. The Balaban J connectivity index is 1.26. The number of amides is 1. The van der Waals surface area contributed by atoms with E-state index in [2.05, 4.69) is 21.3 Å². The van der Waals surface area contributed by atoms with Crippen molar-refractivity contribution in [3.8, 4) is 5.88 Å². The van der Waals surface area contributed by atoms with E-state index in [4.69, 9.17) is 9.15 Å². The molecule has 0 atom stereocenters. The maximum atomic E-state index is 11.8. The quantitative estimate of drug-likeness (QED) is 0.580. The second-order valence-electron chi connectivity index (χ2n) is 6.96. The lowest BCUT2D eigenvalue weighted by Gasteiger charge is -2.26.